The Morgan fingerprint density at radius 1 is 1.12 bits per heavy atom. The van der Waals surface area contributed by atoms with Crippen LogP contribution in [0.5, 0.6) is 0 Å². The van der Waals surface area contributed by atoms with E-state index in [9.17, 15) is 4.79 Å². The van der Waals surface area contributed by atoms with Crippen LogP contribution in [0.15, 0.2) is 59.6 Å². The van der Waals surface area contributed by atoms with E-state index in [2.05, 4.69) is 21.7 Å². The smallest absolute Gasteiger partial charge is 0.248 e. The first-order valence-corrected chi connectivity index (χ1v) is 8.78. The van der Waals surface area contributed by atoms with E-state index in [1.165, 1.54) is 0 Å². The Bertz CT molecular complexity index is 881. The van der Waals surface area contributed by atoms with Gasteiger partial charge in [-0.05, 0) is 24.1 Å². The van der Waals surface area contributed by atoms with Crippen molar-refractivity contribution < 1.29 is 9.53 Å². The number of carbonyl (C=O) groups excluding carboxylic acids is 1. The number of aryl methyl sites for hydroxylation is 1. The average Bonchev–Trinajstić information content (AvgIpc) is 2.96. The molecule has 0 saturated carbocycles. The SMILES string of the molecule is COCCn1/c(=N/C(=O)CCc2ccccc2)sc2ccccc21. The van der Waals surface area contributed by atoms with E-state index >= 15 is 0 Å². The number of carbonyl (C=O) groups is 1. The van der Waals surface area contributed by atoms with Crippen LogP contribution in [0.3, 0.4) is 0 Å². The monoisotopic (exact) mass is 340 g/mol. The summed E-state index contributed by atoms with van der Waals surface area (Å²) >= 11 is 1.54. The molecular formula is C19H20N2O2S. The van der Waals surface area contributed by atoms with Gasteiger partial charge in [0.1, 0.15) is 0 Å². The second kappa shape index (κ2) is 8.04. The molecule has 0 aliphatic carbocycles. The van der Waals surface area contributed by atoms with Gasteiger partial charge in [0.05, 0.1) is 16.8 Å². The lowest BCUT2D eigenvalue weighted by atomic mass is 10.1. The summed E-state index contributed by atoms with van der Waals surface area (Å²) in [6.07, 6.45) is 1.13. The second-order valence-electron chi connectivity index (χ2n) is 5.49. The molecule has 0 saturated heterocycles. The molecule has 5 heteroatoms. The van der Waals surface area contributed by atoms with Crippen molar-refractivity contribution in [1.82, 2.24) is 4.57 Å². The summed E-state index contributed by atoms with van der Waals surface area (Å²) in [6.45, 7) is 1.28. The predicted molar refractivity (Wildman–Crippen MR) is 97.0 cm³/mol. The third kappa shape index (κ3) is 3.99. The number of aromatic nitrogens is 1. The van der Waals surface area contributed by atoms with Crippen molar-refractivity contribution >= 4 is 27.5 Å². The highest BCUT2D eigenvalue weighted by Crippen LogP contribution is 2.16. The van der Waals surface area contributed by atoms with Gasteiger partial charge >= 0.3 is 0 Å². The predicted octanol–water partition coefficient (Wildman–Crippen LogP) is 3.41. The molecule has 0 radical (unpaired) electrons. The lowest BCUT2D eigenvalue weighted by Gasteiger charge is -2.04. The zero-order chi connectivity index (χ0) is 16.8. The maximum atomic E-state index is 12.3. The summed E-state index contributed by atoms with van der Waals surface area (Å²) in [7, 11) is 1.68. The van der Waals surface area contributed by atoms with Crippen LogP contribution < -0.4 is 4.80 Å². The molecule has 24 heavy (non-hydrogen) atoms. The van der Waals surface area contributed by atoms with Crippen LogP contribution in [-0.2, 0) is 22.5 Å². The van der Waals surface area contributed by atoms with Crippen LogP contribution in [0.2, 0.25) is 0 Å². The zero-order valence-corrected chi connectivity index (χ0v) is 14.5. The number of fused-ring (bicyclic) bond motifs is 1. The van der Waals surface area contributed by atoms with Gasteiger partial charge in [-0.25, -0.2) is 0 Å². The van der Waals surface area contributed by atoms with Crippen molar-refractivity contribution in [3.05, 3.63) is 65.0 Å². The van der Waals surface area contributed by atoms with E-state index < -0.39 is 0 Å². The molecule has 0 bridgehead atoms. The Labute approximate surface area is 145 Å². The minimum atomic E-state index is -0.0865. The fourth-order valence-electron chi connectivity index (χ4n) is 2.56. The number of hydrogen-bond acceptors (Lipinski definition) is 3. The van der Waals surface area contributed by atoms with Crippen LogP contribution in [-0.4, -0.2) is 24.2 Å². The molecule has 1 heterocycles. The first-order chi connectivity index (χ1) is 11.8. The molecule has 0 atom stereocenters. The summed E-state index contributed by atoms with van der Waals surface area (Å²) in [6, 6.07) is 18.1. The van der Waals surface area contributed by atoms with Crippen molar-refractivity contribution in [3.8, 4) is 0 Å². The third-order valence-electron chi connectivity index (χ3n) is 3.80. The van der Waals surface area contributed by atoms with E-state index in [0.29, 0.717) is 26.0 Å². The molecule has 0 aliphatic heterocycles. The average molecular weight is 340 g/mol. The zero-order valence-electron chi connectivity index (χ0n) is 13.6. The van der Waals surface area contributed by atoms with Crippen LogP contribution >= 0.6 is 11.3 Å². The highest BCUT2D eigenvalue weighted by molar-refractivity contribution is 7.16. The number of hydrogen-bond donors (Lipinski definition) is 0. The molecule has 2 aromatic carbocycles. The largest absolute Gasteiger partial charge is 0.383 e. The lowest BCUT2D eigenvalue weighted by molar-refractivity contribution is -0.118. The quantitative estimate of drug-likeness (QED) is 0.690. The van der Waals surface area contributed by atoms with Gasteiger partial charge in [-0.3, -0.25) is 4.79 Å². The summed E-state index contributed by atoms with van der Waals surface area (Å²) in [4.78, 5) is 17.4. The van der Waals surface area contributed by atoms with Crippen LogP contribution in [0.25, 0.3) is 10.2 Å². The number of ether oxygens (including phenoxy) is 1. The Kier molecular flexibility index (Phi) is 5.56. The van der Waals surface area contributed by atoms with Gasteiger partial charge in [-0.1, -0.05) is 53.8 Å². The number of benzene rings is 2. The van der Waals surface area contributed by atoms with E-state index in [4.69, 9.17) is 4.74 Å². The van der Waals surface area contributed by atoms with E-state index in [1.54, 1.807) is 18.4 Å². The van der Waals surface area contributed by atoms with Crippen molar-refractivity contribution in [3.63, 3.8) is 0 Å². The number of para-hydroxylation sites is 1. The summed E-state index contributed by atoms with van der Waals surface area (Å²) in [5.74, 6) is -0.0865. The van der Waals surface area contributed by atoms with E-state index in [0.717, 1.165) is 20.6 Å². The molecule has 124 valence electrons. The normalized spacial score (nSPS) is 12.0. The van der Waals surface area contributed by atoms with Crippen LogP contribution in [0.1, 0.15) is 12.0 Å². The Morgan fingerprint density at radius 3 is 2.67 bits per heavy atom. The van der Waals surface area contributed by atoms with E-state index in [1.807, 2.05) is 42.5 Å². The number of thiazole rings is 1. The van der Waals surface area contributed by atoms with Crippen molar-refractivity contribution in [2.24, 2.45) is 4.99 Å². The molecule has 3 aromatic rings. The second-order valence-corrected chi connectivity index (χ2v) is 6.50. The Hall–Kier alpha value is -2.24. The van der Waals surface area contributed by atoms with Gasteiger partial charge < -0.3 is 9.30 Å². The van der Waals surface area contributed by atoms with Gasteiger partial charge in [-0.15, -0.1) is 0 Å². The molecule has 1 amide bonds. The summed E-state index contributed by atoms with van der Waals surface area (Å²) < 4.78 is 8.37. The Morgan fingerprint density at radius 2 is 1.88 bits per heavy atom. The lowest BCUT2D eigenvalue weighted by Crippen LogP contribution is -2.19. The molecule has 0 aliphatic rings. The number of nitrogens with zero attached hydrogens (tertiary/aromatic N) is 2. The third-order valence-corrected chi connectivity index (χ3v) is 4.86. The maximum absolute atomic E-state index is 12.3. The van der Waals surface area contributed by atoms with Gasteiger partial charge in [0.2, 0.25) is 5.91 Å². The molecule has 0 N–H and O–H groups in total. The molecule has 0 fully saturated rings. The van der Waals surface area contributed by atoms with Crippen molar-refractivity contribution in [1.29, 1.82) is 0 Å². The minimum Gasteiger partial charge on any atom is -0.383 e. The fourth-order valence-corrected chi connectivity index (χ4v) is 3.64. The highest BCUT2D eigenvalue weighted by Gasteiger charge is 2.07. The van der Waals surface area contributed by atoms with Crippen LogP contribution in [0.4, 0.5) is 0 Å². The standard InChI is InChI=1S/C19H20N2O2S/c1-23-14-13-21-16-9-5-6-10-17(16)24-19(21)20-18(22)12-11-15-7-3-2-4-8-15/h2-10H,11-14H2,1H3/b20-19-. The molecule has 4 nitrogen and oxygen atoms in total. The molecule has 0 spiro atoms. The Balaban J connectivity index is 1.84. The van der Waals surface area contributed by atoms with Crippen molar-refractivity contribution in [2.75, 3.05) is 13.7 Å². The summed E-state index contributed by atoms with van der Waals surface area (Å²) in [5.41, 5.74) is 2.25. The molecule has 1 aromatic heterocycles. The first-order valence-electron chi connectivity index (χ1n) is 7.97. The number of amides is 1. The molecule has 3 rings (SSSR count). The van der Waals surface area contributed by atoms with Crippen LogP contribution in [0, 0.1) is 0 Å². The van der Waals surface area contributed by atoms with E-state index in [-0.39, 0.29) is 5.91 Å². The summed E-state index contributed by atoms with van der Waals surface area (Å²) in [5, 5.41) is 0. The maximum Gasteiger partial charge on any atom is 0.248 e. The topological polar surface area (TPSA) is 43.6 Å². The van der Waals surface area contributed by atoms with Gasteiger partial charge in [-0.2, -0.15) is 4.99 Å². The molecule has 0 unspecified atom stereocenters. The highest BCUT2D eigenvalue weighted by atomic mass is 32.1. The number of rotatable bonds is 6. The first kappa shape index (κ1) is 16.6. The van der Waals surface area contributed by atoms with Gasteiger partial charge in [0.15, 0.2) is 4.80 Å². The van der Waals surface area contributed by atoms with Gasteiger partial charge in [0.25, 0.3) is 0 Å². The minimum absolute atomic E-state index is 0.0865. The fraction of sp³-hybridized carbons (Fsp3) is 0.263. The van der Waals surface area contributed by atoms with Crippen molar-refractivity contribution in [2.45, 2.75) is 19.4 Å². The molecular weight excluding hydrogens is 320 g/mol. The number of methoxy groups -OCH3 is 1. The van der Waals surface area contributed by atoms with Gasteiger partial charge in [0, 0.05) is 20.1 Å².